The maximum atomic E-state index is 6.06. The number of nitrogens with two attached hydrogens (primary N) is 1. The average molecular weight is 245 g/mol. The number of nitrogen functional groups attached to an aromatic ring is 1. The second-order valence-electron chi connectivity index (χ2n) is 5.40. The molecule has 96 valence electrons. The molecule has 1 saturated heterocycles. The first-order chi connectivity index (χ1) is 8.59. The van der Waals surface area contributed by atoms with E-state index in [9.17, 15) is 0 Å². The van der Waals surface area contributed by atoms with Gasteiger partial charge in [0.15, 0.2) is 0 Å². The molecule has 0 amide bonds. The van der Waals surface area contributed by atoms with Gasteiger partial charge in [0, 0.05) is 6.61 Å². The van der Waals surface area contributed by atoms with Crippen molar-refractivity contribution in [3.8, 4) is 0 Å². The lowest BCUT2D eigenvalue weighted by Gasteiger charge is -2.24. The molecule has 0 spiro atoms. The molecule has 1 aromatic heterocycles. The lowest BCUT2D eigenvalue weighted by molar-refractivity contribution is 0.00749. The molecule has 0 radical (unpaired) electrons. The summed E-state index contributed by atoms with van der Waals surface area (Å²) in [6.45, 7) is 5.88. The van der Waals surface area contributed by atoms with E-state index in [1.54, 1.807) is 0 Å². The zero-order valence-corrected chi connectivity index (χ0v) is 10.9. The van der Waals surface area contributed by atoms with Gasteiger partial charge >= 0.3 is 0 Å². The van der Waals surface area contributed by atoms with Crippen LogP contribution in [0.15, 0.2) is 18.2 Å². The number of rotatable bonds is 2. The van der Waals surface area contributed by atoms with E-state index in [-0.39, 0.29) is 5.60 Å². The quantitative estimate of drug-likeness (QED) is 0.884. The highest BCUT2D eigenvalue weighted by Crippen LogP contribution is 2.30. The number of fused-ring (bicyclic) bond motifs is 1. The Morgan fingerprint density at radius 1 is 1.50 bits per heavy atom. The lowest BCUT2D eigenvalue weighted by Crippen LogP contribution is -2.30. The molecule has 1 atom stereocenters. The van der Waals surface area contributed by atoms with E-state index in [0.717, 1.165) is 37.0 Å². The maximum absolute atomic E-state index is 6.06. The molecule has 0 aliphatic carbocycles. The molecule has 1 aromatic carbocycles. The van der Waals surface area contributed by atoms with Gasteiger partial charge in [-0.3, -0.25) is 0 Å². The second kappa shape index (κ2) is 3.99. The fourth-order valence-electron chi connectivity index (χ4n) is 2.84. The van der Waals surface area contributed by atoms with Crippen molar-refractivity contribution in [2.45, 2.75) is 38.8 Å². The third-order valence-corrected chi connectivity index (χ3v) is 3.79. The highest BCUT2D eigenvalue weighted by molar-refractivity contribution is 5.81. The Morgan fingerprint density at radius 3 is 3.06 bits per heavy atom. The summed E-state index contributed by atoms with van der Waals surface area (Å²) in [5, 5.41) is 0. The molecule has 3 rings (SSSR count). The van der Waals surface area contributed by atoms with Gasteiger partial charge in [0.1, 0.15) is 0 Å². The van der Waals surface area contributed by atoms with E-state index >= 15 is 0 Å². The Hall–Kier alpha value is -1.55. The van der Waals surface area contributed by atoms with E-state index in [1.807, 2.05) is 12.1 Å². The minimum atomic E-state index is -0.107. The first-order valence-corrected chi connectivity index (χ1v) is 6.44. The van der Waals surface area contributed by atoms with Crippen LogP contribution in [-0.4, -0.2) is 21.8 Å². The van der Waals surface area contributed by atoms with Crippen LogP contribution in [0.3, 0.4) is 0 Å². The van der Waals surface area contributed by atoms with Crippen LogP contribution in [0.5, 0.6) is 0 Å². The summed E-state index contributed by atoms with van der Waals surface area (Å²) < 4.78 is 7.95. The van der Waals surface area contributed by atoms with Crippen LogP contribution in [-0.2, 0) is 11.3 Å². The van der Waals surface area contributed by atoms with E-state index in [0.29, 0.717) is 5.95 Å². The Kier molecular flexibility index (Phi) is 2.55. The molecule has 1 aliphatic heterocycles. The zero-order valence-electron chi connectivity index (χ0n) is 10.9. The summed E-state index contributed by atoms with van der Waals surface area (Å²) in [7, 11) is 0. The number of imidazole rings is 1. The summed E-state index contributed by atoms with van der Waals surface area (Å²) in [5.74, 6) is 0.580. The van der Waals surface area contributed by atoms with Crippen molar-refractivity contribution in [3.05, 3.63) is 23.8 Å². The Labute approximate surface area is 107 Å². The van der Waals surface area contributed by atoms with Crippen LogP contribution in [0.2, 0.25) is 0 Å². The standard InChI is InChI=1S/C14H19N3O/c1-10-5-3-6-11-12(10)17(13(15)16-11)9-14(2)7-4-8-18-14/h3,5-6H,4,7-9H2,1-2H3,(H2,15,16). The number of nitrogens with zero attached hydrogens (tertiary/aromatic N) is 2. The molecule has 2 N–H and O–H groups in total. The highest BCUT2D eigenvalue weighted by atomic mass is 16.5. The monoisotopic (exact) mass is 245 g/mol. The Morgan fingerprint density at radius 2 is 2.33 bits per heavy atom. The van der Waals surface area contributed by atoms with E-state index < -0.39 is 0 Å². The van der Waals surface area contributed by atoms with Crippen LogP contribution < -0.4 is 5.73 Å². The van der Waals surface area contributed by atoms with Gasteiger partial charge in [0.25, 0.3) is 0 Å². The summed E-state index contributed by atoms with van der Waals surface area (Å²) in [6, 6.07) is 6.12. The number of hydrogen-bond acceptors (Lipinski definition) is 3. The Bertz CT molecular complexity index is 582. The van der Waals surface area contributed by atoms with Gasteiger partial charge in [-0.1, -0.05) is 12.1 Å². The molecule has 4 heteroatoms. The molecule has 2 heterocycles. The van der Waals surface area contributed by atoms with Gasteiger partial charge in [0.05, 0.1) is 23.2 Å². The SMILES string of the molecule is Cc1cccc2nc(N)n(CC3(C)CCCO3)c12. The van der Waals surface area contributed by atoms with Gasteiger partial charge in [0.2, 0.25) is 5.95 Å². The lowest BCUT2D eigenvalue weighted by atomic mass is 10.0. The predicted molar refractivity (Wildman–Crippen MR) is 72.5 cm³/mol. The molecular formula is C14H19N3O. The van der Waals surface area contributed by atoms with Crippen LogP contribution in [0.25, 0.3) is 11.0 Å². The molecule has 4 nitrogen and oxygen atoms in total. The van der Waals surface area contributed by atoms with Crippen molar-refractivity contribution in [2.24, 2.45) is 0 Å². The fraction of sp³-hybridized carbons (Fsp3) is 0.500. The fourth-order valence-corrected chi connectivity index (χ4v) is 2.84. The predicted octanol–water partition coefficient (Wildman–Crippen LogP) is 2.50. The van der Waals surface area contributed by atoms with E-state index in [4.69, 9.17) is 10.5 Å². The summed E-state index contributed by atoms with van der Waals surface area (Å²) >= 11 is 0. The minimum absolute atomic E-state index is 0.107. The van der Waals surface area contributed by atoms with Crippen molar-refractivity contribution in [2.75, 3.05) is 12.3 Å². The van der Waals surface area contributed by atoms with E-state index in [2.05, 4.69) is 29.5 Å². The second-order valence-corrected chi connectivity index (χ2v) is 5.40. The normalized spacial score (nSPS) is 23.9. The third kappa shape index (κ3) is 1.77. The number of benzene rings is 1. The minimum Gasteiger partial charge on any atom is -0.373 e. The molecular weight excluding hydrogens is 226 g/mol. The average Bonchev–Trinajstić information content (AvgIpc) is 2.86. The maximum Gasteiger partial charge on any atom is 0.201 e. The largest absolute Gasteiger partial charge is 0.373 e. The van der Waals surface area contributed by atoms with E-state index in [1.165, 1.54) is 5.56 Å². The zero-order chi connectivity index (χ0) is 12.8. The van der Waals surface area contributed by atoms with Crippen LogP contribution in [0.1, 0.15) is 25.3 Å². The van der Waals surface area contributed by atoms with Gasteiger partial charge < -0.3 is 15.0 Å². The van der Waals surface area contributed by atoms with Gasteiger partial charge in [-0.15, -0.1) is 0 Å². The molecule has 2 aromatic rings. The third-order valence-electron chi connectivity index (χ3n) is 3.79. The smallest absolute Gasteiger partial charge is 0.201 e. The van der Waals surface area contributed by atoms with Crippen molar-refractivity contribution < 1.29 is 4.74 Å². The number of hydrogen-bond donors (Lipinski definition) is 1. The number of ether oxygens (including phenoxy) is 1. The van der Waals surface area contributed by atoms with Crippen molar-refractivity contribution in [1.82, 2.24) is 9.55 Å². The molecule has 1 unspecified atom stereocenters. The first-order valence-electron chi connectivity index (χ1n) is 6.44. The van der Waals surface area contributed by atoms with Crippen LogP contribution in [0.4, 0.5) is 5.95 Å². The molecule has 0 saturated carbocycles. The van der Waals surface area contributed by atoms with Crippen molar-refractivity contribution >= 4 is 17.0 Å². The van der Waals surface area contributed by atoms with Gasteiger partial charge in [-0.05, 0) is 38.3 Å². The molecule has 1 aliphatic rings. The van der Waals surface area contributed by atoms with Crippen LogP contribution in [0, 0.1) is 6.92 Å². The number of anilines is 1. The number of aryl methyl sites for hydroxylation is 1. The number of para-hydroxylation sites is 1. The van der Waals surface area contributed by atoms with Crippen LogP contribution >= 0.6 is 0 Å². The summed E-state index contributed by atoms with van der Waals surface area (Å²) in [5.41, 5.74) is 9.25. The summed E-state index contributed by atoms with van der Waals surface area (Å²) in [6.07, 6.45) is 2.21. The topological polar surface area (TPSA) is 53.1 Å². The Balaban J connectivity index is 2.08. The molecule has 18 heavy (non-hydrogen) atoms. The van der Waals surface area contributed by atoms with Crippen molar-refractivity contribution in [1.29, 1.82) is 0 Å². The summed E-state index contributed by atoms with van der Waals surface area (Å²) in [4.78, 5) is 4.43. The highest BCUT2D eigenvalue weighted by Gasteiger charge is 2.31. The first kappa shape index (κ1) is 11.5. The molecule has 0 bridgehead atoms. The molecule has 1 fully saturated rings. The van der Waals surface area contributed by atoms with Gasteiger partial charge in [-0.2, -0.15) is 0 Å². The van der Waals surface area contributed by atoms with Crippen molar-refractivity contribution in [3.63, 3.8) is 0 Å². The van der Waals surface area contributed by atoms with Gasteiger partial charge in [-0.25, -0.2) is 4.98 Å². The number of aromatic nitrogens is 2.